The van der Waals surface area contributed by atoms with Gasteiger partial charge in [-0.3, -0.25) is 4.90 Å². The summed E-state index contributed by atoms with van der Waals surface area (Å²) in [5, 5.41) is 18.0. The predicted molar refractivity (Wildman–Crippen MR) is 67.8 cm³/mol. The van der Waals surface area contributed by atoms with E-state index in [4.69, 9.17) is 10.0 Å². The monoisotopic (exact) mass is 293 g/mol. The molecule has 0 heterocycles. The number of hydrogen-bond acceptors (Lipinski definition) is 3. The minimum atomic E-state index is -4.33. The molecule has 0 aromatic heterocycles. The van der Waals surface area contributed by atoms with Crippen LogP contribution in [0.4, 0.5) is 17.6 Å². The molecule has 0 radical (unpaired) electrons. The van der Waals surface area contributed by atoms with Gasteiger partial charge in [0.2, 0.25) is 0 Å². The Kier molecular flexibility index (Phi) is 5.97. The minimum absolute atomic E-state index is 0.0801. The van der Waals surface area contributed by atoms with Crippen LogP contribution in [0.25, 0.3) is 0 Å². The van der Waals surface area contributed by atoms with Gasteiger partial charge in [0, 0.05) is 6.54 Å². The van der Waals surface area contributed by atoms with Crippen LogP contribution in [-0.2, 0) is 6.54 Å². The van der Waals surface area contributed by atoms with Crippen LogP contribution in [0, 0.1) is 5.82 Å². The first kappa shape index (κ1) is 16.9. The van der Waals surface area contributed by atoms with E-state index in [9.17, 15) is 17.6 Å². The third kappa shape index (κ3) is 5.89. The van der Waals surface area contributed by atoms with Crippen LogP contribution >= 0.6 is 0 Å². The van der Waals surface area contributed by atoms with Gasteiger partial charge in [0.05, 0.1) is 6.54 Å². The van der Waals surface area contributed by atoms with Crippen molar-refractivity contribution in [1.29, 1.82) is 0 Å². The molecule has 112 valence electrons. The smallest absolute Gasteiger partial charge is 0.423 e. The Labute approximate surface area is 115 Å². The van der Waals surface area contributed by atoms with E-state index in [1.165, 1.54) is 6.07 Å². The second kappa shape index (κ2) is 7.05. The number of hydrogen-bond donors (Lipinski definition) is 2. The van der Waals surface area contributed by atoms with Crippen LogP contribution in [0.2, 0.25) is 0 Å². The third-order valence-corrected chi connectivity index (χ3v) is 2.63. The normalized spacial score (nSPS) is 12.0. The number of benzene rings is 1. The highest BCUT2D eigenvalue weighted by molar-refractivity contribution is 6.58. The van der Waals surface area contributed by atoms with Gasteiger partial charge < -0.3 is 10.0 Å². The van der Waals surface area contributed by atoms with Gasteiger partial charge in [0.15, 0.2) is 0 Å². The molecule has 0 saturated heterocycles. The molecule has 0 saturated carbocycles. The summed E-state index contributed by atoms with van der Waals surface area (Å²) in [5.74, 6) is -0.714. The fourth-order valence-electron chi connectivity index (χ4n) is 1.96. The summed E-state index contributed by atoms with van der Waals surface area (Å²) in [6.07, 6.45) is -3.80. The van der Waals surface area contributed by atoms with Crippen LogP contribution in [-0.4, -0.2) is 41.3 Å². The minimum Gasteiger partial charge on any atom is -0.423 e. The Morgan fingerprint density at radius 3 is 2.35 bits per heavy atom. The van der Waals surface area contributed by atoms with Gasteiger partial charge in [0.25, 0.3) is 0 Å². The third-order valence-electron chi connectivity index (χ3n) is 2.63. The van der Waals surface area contributed by atoms with Gasteiger partial charge in [0.1, 0.15) is 5.82 Å². The Balaban J connectivity index is 2.87. The number of alkyl halides is 3. The second-order valence-electron chi connectivity index (χ2n) is 4.59. The Hall–Kier alpha value is -1.12. The molecular formula is C12H16BF4NO2. The molecule has 2 N–H and O–H groups in total. The van der Waals surface area contributed by atoms with Crippen LogP contribution < -0.4 is 5.46 Å². The largest absolute Gasteiger partial charge is 0.488 e. The summed E-state index contributed by atoms with van der Waals surface area (Å²) in [4.78, 5) is 1.14. The van der Waals surface area contributed by atoms with Gasteiger partial charge in [-0.25, -0.2) is 4.39 Å². The zero-order valence-corrected chi connectivity index (χ0v) is 11.0. The SMILES string of the molecule is CCCN(Cc1cc(F)cc(B(O)O)c1)CC(F)(F)F. The molecule has 1 aromatic carbocycles. The number of nitrogens with zero attached hydrogens (tertiary/aromatic N) is 1. The van der Waals surface area contributed by atoms with Crippen molar-refractivity contribution in [2.45, 2.75) is 26.1 Å². The van der Waals surface area contributed by atoms with Gasteiger partial charge in [-0.05, 0) is 36.1 Å². The predicted octanol–water partition coefficient (Wildman–Crippen LogP) is 1.28. The highest BCUT2D eigenvalue weighted by Crippen LogP contribution is 2.18. The van der Waals surface area contributed by atoms with E-state index < -0.39 is 25.7 Å². The number of rotatable bonds is 6. The average molecular weight is 293 g/mol. The Morgan fingerprint density at radius 2 is 1.85 bits per heavy atom. The van der Waals surface area contributed by atoms with Crippen molar-refractivity contribution >= 4 is 12.6 Å². The molecule has 20 heavy (non-hydrogen) atoms. The van der Waals surface area contributed by atoms with Crippen LogP contribution in [0.5, 0.6) is 0 Å². The van der Waals surface area contributed by atoms with E-state index >= 15 is 0 Å². The molecule has 0 aliphatic carbocycles. The highest BCUT2D eigenvalue weighted by atomic mass is 19.4. The van der Waals surface area contributed by atoms with Crippen molar-refractivity contribution in [2.24, 2.45) is 0 Å². The van der Waals surface area contributed by atoms with Gasteiger partial charge in [-0.1, -0.05) is 13.0 Å². The van der Waals surface area contributed by atoms with Crippen LogP contribution in [0.1, 0.15) is 18.9 Å². The fraction of sp³-hybridized carbons (Fsp3) is 0.500. The van der Waals surface area contributed by atoms with E-state index in [1.807, 2.05) is 0 Å². The van der Waals surface area contributed by atoms with E-state index in [0.717, 1.165) is 17.0 Å². The summed E-state index contributed by atoms with van der Waals surface area (Å²) in [6, 6.07) is 3.31. The molecule has 0 aliphatic rings. The second-order valence-corrected chi connectivity index (χ2v) is 4.59. The first-order valence-corrected chi connectivity index (χ1v) is 6.16. The first-order chi connectivity index (χ1) is 9.21. The van der Waals surface area contributed by atoms with Crippen molar-refractivity contribution in [1.82, 2.24) is 4.90 Å². The van der Waals surface area contributed by atoms with Crippen LogP contribution in [0.3, 0.4) is 0 Å². The molecule has 0 amide bonds. The van der Waals surface area contributed by atoms with Crippen molar-refractivity contribution in [3.8, 4) is 0 Å². The molecule has 0 unspecified atom stereocenters. The quantitative estimate of drug-likeness (QED) is 0.613. The molecule has 1 rings (SSSR count). The molecule has 0 spiro atoms. The average Bonchev–Trinajstić information content (AvgIpc) is 2.25. The maximum Gasteiger partial charge on any atom is 0.488 e. The van der Waals surface area contributed by atoms with E-state index in [0.29, 0.717) is 6.42 Å². The van der Waals surface area contributed by atoms with Gasteiger partial charge in [-0.2, -0.15) is 13.2 Å². The lowest BCUT2D eigenvalue weighted by Crippen LogP contribution is -2.35. The standard InChI is InChI=1S/C12H16BF4NO2/c1-2-3-18(8-12(15,16)17)7-9-4-10(13(19)20)6-11(14)5-9/h4-6,19-20H,2-3,7-8H2,1H3. The molecule has 0 fully saturated rings. The lowest BCUT2D eigenvalue weighted by molar-refractivity contribution is -0.147. The summed E-state index contributed by atoms with van der Waals surface area (Å²) in [7, 11) is -1.85. The van der Waals surface area contributed by atoms with Crippen molar-refractivity contribution in [2.75, 3.05) is 13.1 Å². The topological polar surface area (TPSA) is 43.7 Å². The van der Waals surface area contributed by atoms with Gasteiger partial charge in [-0.15, -0.1) is 0 Å². The zero-order valence-electron chi connectivity index (χ0n) is 11.0. The lowest BCUT2D eigenvalue weighted by Gasteiger charge is -2.23. The molecule has 0 atom stereocenters. The molecule has 0 bridgehead atoms. The highest BCUT2D eigenvalue weighted by Gasteiger charge is 2.30. The van der Waals surface area contributed by atoms with E-state index in [1.54, 1.807) is 6.92 Å². The zero-order chi connectivity index (χ0) is 15.3. The van der Waals surface area contributed by atoms with Crippen molar-refractivity contribution < 1.29 is 27.6 Å². The van der Waals surface area contributed by atoms with Crippen molar-refractivity contribution in [3.05, 3.63) is 29.6 Å². The summed E-state index contributed by atoms with van der Waals surface area (Å²) >= 11 is 0. The summed E-state index contributed by atoms with van der Waals surface area (Å²) in [6.45, 7) is 0.768. The van der Waals surface area contributed by atoms with Crippen LogP contribution in [0.15, 0.2) is 18.2 Å². The summed E-state index contributed by atoms with van der Waals surface area (Å²) in [5.41, 5.74) is 0.189. The Bertz CT molecular complexity index is 440. The Morgan fingerprint density at radius 1 is 1.20 bits per heavy atom. The van der Waals surface area contributed by atoms with E-state index in [-0.39, 0.29) is 24.1 Å². The van der Waals surface area contributed by atoms with Crippen molar-refractivity contribution in [3.63, 3.8) is 0 Å². The summed E-state index contributed by atoms with van der Waals surface area (Å²) < 4.78 is 50.6. The maximum atomic E-state index is 13.3. The molecule has 0 aliphatic heterocycles. The molecular weight excluding hydrogens is 277 g/mol. The maximum absolute atomic E-state index is 13.3. The fourth-order valence-corrected chi connectivity index (χ4v) is 1.96. The lowest BCUT2D eigenvalue weighted by atomic mass is 9.79. The molecule has 3 nitrogen and oxygen atoms in total. The van der Waals surface area contributed by atoms with E-state index in [2.05, 4.69) is 0 Å². The molecule has 8 heteroatoms. The van der Waals surface area contributed by atoms with Gasteiger partial charge >= 0.3 is 13.3 Å². The number of halogens is 4. The first-order valence-electron chi connectivity index (χ1n) is 6.16. The molecule has 1 aromatic rings.